The molecule has 4 aromatic rings. The van der Waals surface area contributed by atoms with Crippen LogP contribution in [0.3, 0.4) is 0 Å². The Hall–Kier alpha value is -3.74. The van der Waals surface area contributed by atoms with Gasteiger partial charge in [-0.3, -0.25) is 4.79 Å². The predicted octanol–water partition coefficient (Wildman–Crippen LogP) is 4.83. The van der Waals surface area contributed by atoms with Gasteiger partial charge in [0, 0.05) is 24.7 Å². The fraction of sp³-hybridized carbons (Fsp3) is 0.138. The van der Waals surface area contributed by atoms with Gasteiger partial charge in [-0.15, -0.1) is 0 Å². The number of ether oxygens (including phenoxy) is 1. The molecule has 1 N–H and O–H groups in total. The number of hydrogen-bond donors (Lipinski definition) is 1. The lowest BCUT2D eigenvalue weighted by Gasteiger charge is -2.39. The van der Waals surface area contributed by atoms with Gasteiger partial charge in [0.2, 0.25) is 26.0 Å². The average molecular weight is 612 g/mol. The minimum atomic E-state index is -4.16. The number of sulfonamides is 2. The molecule has 9 nitrogen and oxygen atoms in total. The van der Waals surface area contributed by atoms with Crippen LogP contribution in [0.1, 0.15) is 0 Å². The fourth-order valence-corrected chi connectivity index (χ4v) is 7.67. The third kappa shape index (κ3) is 6.29. The monoisotopic (exact) mass is 611 g/mol. The maximum atomic E-state index is 13.8. The van der Waals surface area contributed by atoms with Gasteiger partial charge in [0.05, 0.1) is 15.5 Å². The van der Waals surface area contributed by atoms with Crippen molar-refractivity contribution in [3.63, 3.8) is 0 Å². The maximum Gasteiger partial charge on any atom is 0.244 e. The van der Waals surface area contributed by atoms with Crippen molar-refractivity contribution in [2.45, 2.75) is 15.8 Å². The summed E-state index contributed by atoms with van der Waals surface area (Å²) in [4.78, 5) is 13.9. The van der Waals surface area contributed by atoms with Crippen LogP contribution < -0.4 is 10.1 Å². The van der Waals surface area contributed by atoms with E-state index in [9.17, 15) is 21.6 Å². The Morgan fingerprint density at radius 2 is 1.32 bits per heavy atom. The highest BCUT2D eigenvalue weighted by molar-refractivity contribution is 7.89. The number of halogens is 1. The van der Waals surface area contributed by atoms with Gasteiger partial charge >= 0.3 is 0 Å². The summed E-state index contributed by atoms with van der Waals surface area (Å²) in [5.74, 6) is 0.0463. The molecular formula is C29H26ClN3O6S2. The smallest absolute Gasteiger partial charge is 0.244 e. The van der Waals surface area contributed by atoms with Crippen molar-refractivity contribution >= 4 is 43.2 Å². The number of hydrogen-bond acceptors (Lipinski definition) is 6. The maximum absolute atomic E-state index is 13.8. The standard InChI is InChI=1S/C29H26ClN3O6S2/c30-22-16-17-28(39-23-10-4-1-5-11-23)26(20-22)31-29(34)27-21-32(40(35,36)24-12-6-2-7-13-24)18-19-33(27)41(37,38)25-14-8-3-9-15-25/h1-17,20,27H,18-19,21H2,(H,31,34)/t27-/m0/s1. The van der Waals surface area contributed by atoms with E-state index in [1.807, 2.05) is 6.07 Å². The van der Waals surface area contributed by atoms with Crippen LogP contribution in [0.25, 0.3) is 0 Å². The van der Waals surface area contributed by atoms with E-state index in [2.05, 4.69) is 5.32 Å². The molecule has 5 rings (SSSR count). The number of nitrogens with one attached hydrogen (secondary N) is 1. The molecule has 0 unspecified atom stereocenters. The first kappa shape index (κ1) is 28.8. The van der Waals surface area contributed by atoms with Crippen LogP contribution in [0.5, 0.6) is 11.5 Å². The minimum Gasteiger partial charge on any atom is -0.455 e. The summed E-state index contributed by atoms with van der Waals surface area (Å²) < 4.78 is 62.3. The zero-order valence-electron chi connectivity index (χ0n) is 21.6. The summed E-state index contributed by atoms with van der Waals surface area (Å²) in [7, 11) is -8.16. The second-order valence-corrected chi connectivity index (χ2v) is 13.4. The van der Waals surface area contributed by atoms with Gasteiger partial charge in [0.15, 0.2) is 5.75 Å². The normalized spacial score (nSPS) is 16.7. The molecule has 1 heterocycles. The van der Waals surface area contributed by atoms with Crippen molar-refractivity contribution < 1.29 is 26.4 Å². The van der Waals surface area contributed by atoms with E-state index in [4.69, 9.17) is 16.3 Å². The summed E-state index contributed by atoms with van der Waals surface area (Å²) in [6.45, 7) is -0.762. The molecule has 1 aliphatic heterocycles. The Morgan fingerprint density at radius 1 is 0.756 bits per heavy atom. The Balaban J connectivity index is 1.49. The van der Waals surface area contributed by atoms with Gasteiger partial charge in [0.1, 0.15) is 11.8 Å². The highest BCUT2D eigenvalue weighted by atomic mass is 35.5. The summed E-state index contributed by atoms with van der Waals surface area (Å²) >= 11 is 6.22. The number of para-hydroxylation sites is 1. The first-order valence-corrected chi connectivity index (χ1v) is 15.9. The molecule has 1 fully saturated rings. The minimum absolute atomic E-state index is 0.00646. The van der Waals surface area contributed by atoms with Crippen LogP contribution in [0.15, 0.2) is 119 Å². The summed E-state index contributed by atoms with van der Waals surface area (Å²) in [6.07, 6.45) is 0. The molecule has 0 radical (unpaired) electrons. The summed E-state index contributed by atoms with van der Waals surface area (Å²) in [6, 6.07) is 27.7. The van der Waals surface area contributed by atoms with Crippen molar-refractivity contribution in [1.82, 2.24) is 8.61 Å². The highest BCUT2D eigenvalue weighted by Gasteiger charge is 2.43. The molecule has 1 amide bonds. The molecule has 12 heteroatoms. The first-order valence-electron chi connectivity index (χ1n) is 12.6. The molecule has 0 spiro atoms. The van der Waals surface area contributed by atoms with Crippen molar-refractivity contribution in [3.05, 3.63) is 114 Å². The van der Waals surface area contributed by atoms with E-state index in [-0.39, 0.29) is 34.3 Å². The molecule has 1 atom stereocenters. The van der Waals surface area contributed by atoms with Crippen LogP contribution in [0.2, 0.25) is 5.02 Å². The van der Waals surface area contributed by atoms with E-state index in [1.54, 1.807) is 72.8 Å². The number of rotatable bonds is 8. The number of carbonyl (C=O) groups is 1. The molecule has 212 valence electrons. The van der Waals surface area contributed by atoms with E-state index in [0.29, 0.717) is 10.8 Å². The van der Waals surface area contributed by atoms with Crippen molar-refractivity contribution in [1.29, 1.82) is 0 Å². The van der Waals surface area contributed by atoms with Gasteiger partial charge < -0.3 is 10.1 Å². The quantitative estimate of drug-likeness (QED) is 0.305. The Morgan fingerprint density at radius 3 is 1.93 bits per heavy atom. The van der Waals surface area contributed by atoms with Crippen molar-refractivity contribution in [3.8, 4) is 11.5 Å². The highest BCUT2D eigenvalue weighted by Crippen LogP contribution is 2.33. The van der Waals surface area contributed by atoms with E-state index < -0.39 is 38.5 Å². The fourth-order valence-electron chi connectivity index (χ4n) is 4.45. The van der Waals surface area contributed by atoms with Crippen LogP contribution in [-0.4, -0.2) is 57.0 Å². The number of anilines is 1. The lowest BCUT2D eigenvalue weighted by atomic mass is 10.2. The molecule has 1 aliphatic rings. The second kappa shape index (κ2) is 12.0. The Bertz CT molecular complexity index is 1740. The summed E-state index contributed by atoms with van der Waals surface area (Å²) in [5, 5.41) is 3.04. The number of carbonyl (C=O) groups excluding carboxylic acids is 1. The molecule has 0 bridgehead atoms. The van der Waals surface area contributed by atoms with Gasteiger partial charge in [-0.05, 0) is 54.6 Å². The van der Waals surface area contributed by atoms with Crippen molar-refractivity contribution in [2.24, 2.45) is 0 Å². The van der Waals surface area contributed by atoms with Gasteiger partial charge in [-0.1, -0.05) is 66.2 Å². The molecule has 1 saturated heterocycles. The van der Waals surface area contributed by atoms with Gasteiger partial charge in [-0.2, -0.15) is 8.61 Å². The summed E-state index contributed by atoms with van der Waals surface area (Å²) in [5.41, 5.74) is 0.200. The van der Waals surface area contributed by atoms with Gasteiger partial charge in [0.25, 0.3) is 0 Å². The molecular weight excluding hydrogens is 586 g/mol. The topological polar surface area (TPSA) is 113 Å². The first-order chi connectivity index (χ1) is 19.7. The molecule has 0 saturated carbocycles. The number of piperazine rings is 1. The third-order valence-electron chi connectivity index (χ3n) is 6.50. The van der Waals surface area contributed by atoms with Crippen LogP contribution in [-0.2, 0) is 24.8 Å². The number of benzene rings is 4. The number of nitrogens with zero attached hydrogens (tertiary/aromatic N) is 2. The average Bonchev–Trinajstić information content (AvgIpc) is 2.99. The molecule has 0 aromatic heterocycles. The van der Waals surface area contributed by atoms with E-state index >= 15 is 0 Å². The molecule has 4 aromatic carbocycles. The lowest BCUT2D eigenvalue weighted by molar-refractivity contribution is -0.120. The largest absolute Gasteiger partial charge is 0.455 e. The van der Waals surface area contributed by atoms with E-state index in [1.165, 1.54) is 30.3 Å². The van der Waals surface area contributed by atoms with Gasteiger partial charge in [-0.25, -0.2) is 16.8 Å². The SMILES string of the molecule is O=C(Nc1cc(Cl)ccc1Oc1ccccc1)[C@@H]1CN(S(=O)(=O)c2ccccc2)CCN1S(=O)(=O)c1ccccc1. The second-order valence-electron chi connectivity index (χ2n) is 9.17. The number of amides is 1. The van der Waals surface area contributed by atoms with Crippen LogP contribution in [0, 0.1) is 0 Å². The molecule has 0 aliphatic carbocycles. The Labute approximate surface area is 244 Å². The van der Waals surface area contributed by atoms with Crippen LogP contribution in [0.4, 0.5) is 5.69 Å². The third-order valence-corrected chi connectivity index (χ3v) is 10.5. The zero-order valence-corrected chi connectivity index (χ0v) is 24.0. The predicted molar refractivity (Wildman–Crippen MR) is 156 cm³/mol. The molecule has 41 heavy (non-hydrogen) atoms. The zero-order chi connectivity index (χ0) is 29.0. The van der Waals surface area contributed by atoms with Crippen molar-refractivity contribution in [2.75, 3.05) is 25.0 Å². The van der Waals surface area contributed by atoms with E-state index in [0.717, 1.165) is 8.61 Å². The Kier molecular flexibility index (Phi) is 8.43. The lowest BCUT2D eigenvalue weighted by Crippen LogP contribution is -2.60. The van der Waals surface area contributed by atoms with Crippen LogP contribution >= 0.6 is 11.6 Å².